The lowest BCUT2D eigenvalue weighted by atomic mass is 10.3. The minimum absolute atomic E-state index is 0.0669. The summed E-state index contributed by atoms with van der Waals surface area (Å²) in [5.74, 6) is -1.53. The molecule has 1 N–H and O–H groups in total. The normalized spacial score (nSPS) is 10.2. The Labute approximate surface area is 124 Å². The highest BCUT2D eigenvalue weighted by molar-refractivity contribution is 7.16. The molecule has 0 aliphatic rings. The van der Waals surface area contributed by atoms with E-state index in [4.69, 9.17) is 4.74 Å². The van der Waals surface area contributed by atoms with Gasteiger partial charge in [-0.15, -0.1) is 11.3 Å². The minimum atomic E-state index is -0.522. The predicted octanol–water partition coefficient (Wildman–Crippen LogP) is 3.02. The van der Waals surface area contributed by atoms with Crippen molar-refractivity contribution in [2.24, 2.45) is 0 Å². The maximum Gasteiger partial charge on any atom is 0.341 e. The number of halogens is 1. The van der Waals surface area contributed by atoms with E-state index in [-0.39, 0.29) is 12.3 Å². The molecule has 1 amide bonds. The summed E-state index contributed by atoms with van der Waals surface area (Å²) in [4.78, 5) is 28.4. The Morgan fingerprint density at radius 3 is 2.81 bits per heavy atom. The average molecular weight is 308 g/mol. The molecule has 0 spiro atoms. The Balaban J connectivity index is 2.21. The molecule has 0 atom stereocenters. The van der Waals surface area contributed by atoms with Crippen LogP contribution in [0.4, 0.5) is 9.39 Å². The van der Waals surface area contributed by atoms with Gasteiger partial charge in [0.25, 0.3) is 5.91 Å². The Hall–Kier alpha value is -2.28. The fourth-order valence-electron chi connectivity index (χ4n) is 1.64. The van der Waals surface area contributed by atoms with Gasteiger partial charge in [-0.25, -0.2) is 14.2 Å². The Morgan fingerprint density at radius 1 is 1.43 bits per heavy atom. The molecule has 0 unspecified atom stereocenters. The van der Waals surface area contributed by atoms with E-state index < -0.39 is 17.7 Å². The van der Waals surface area contributed by atoms with Crippen LogP contribution in [0, 0.1) is 12.7 Å². The van der Waals surface area contributed by atoms with Crippen LogP contribution in [0.25, 0.3) is 0 Å². The fourth-order valence-corrected chi connectivity index (χ4v) is 2.54. The van der Waals surface area contributed by atoms with Gasteiger partial charge in [-0.1, -0.05) is 0 Å². The summed E-state index contributed by atoms with van der Waals surface area (Å²) >= 11 is 1.26. The van der Waals surface area contributed by atoms with E-state index in [2.05, 4.69) is 10.3 Å². The second-order valence-corrected chi connectivity index (χ2v) is 5.39. The van der Waals surface area contributed by atoms with Crippen LogP contribution in [0.15, 0.2) is 24.4 Å². The maximum absolute atomic E-state index is 12.8. The Morgan fingerprint density at radius 2 is 2.19 bits per heavy atom. The van der Waals surface area contributed by atoms with Gasteiger partial charge in [-0.3, -0.25) is 4.79 Å². The van der Waals surface area contributed by atoms with Crippen LogP contribution >= 0.6 is 11.3 Å². The first kappa shape index (κ1) is 15.1. The average Bonchev–Trinajstić information content (AvgIpc) is 2.80. The number of carbonyl (C=O) groups is 2. The van der Waals surface area contributed by atoms with E-state index in [9.17, 15) is 14.0 Å². The molecule has 2 aromatic heterocycles. The highest BCUT2D eigenvalue weighted by Gasteiger charge is 2.18. The van der Waals surface area contributed by atoms with Gasteiger partial charge in [0.05, 0.1) is 18.4 Å². The van der Waals surface area contributed by atoms with E-state index in [0.717, 1.165) is 17.1 Å². The number of hydrogen-bond donors (Lipinski definition) is 1. The lowest BCUT2D eigenvalue weighted by Gasteiger charge is -2.05. The number of aromatic nitrogens is 1. The molecule has 0 aliphatic heterocycles. The van der Waals surface area contributed by atoms with Crippen molar-refractivity contribution in [1.29, 1.82) is 0 Å². The second kappa shape index (κ2) is 6.45. The quantitative estimate of drug-likeness (QED) is 0.882. The number of aryl methyl sites for hydroxylation is 1. The fraction of sp³-hybridized carbons (Fsp3) is 0.214. The number of esters is 1. The van der Waals surface area contributed by atoms with Crippen molar-refractivity contribution in [3.63, 3.8) is 0 Å². The van der Waals surface area contributed by atoms with Crippen LogP contribution in [0.1, 0.15) is 32.6 Å². The molecule has 0 radical (unpaired) electrons. The standard InChI is InChI=1S/C14H13FN2O3S/c1-3-20-14(19)10-6-8(2)21-13(10)17-12(18)11-5-4-9(15)7-16-11/h4-7H,3H2,1-2H3,(H,17,18). The first-order chi connectivity index (χ1) is 10.0. The van der Waals surface area contributed by atoms with Crippen LogP contribution in [0.3, 0.4) is 0 Å². The predicted molar refractivity (Wildman–Crippen MR) is 77.2 cm³/mol. The summed E-state index contributed by atoms with van der Waals surface area (Å²) in [5.41, 5.74) is 0.368. The zero-order valence-electron chi connectivity index (χ0n) is 11.5. The van der Waals surface area contributed by atoms with Gasteiger partial charge >= 0.3 is 5.97 Å². The van der Waals surface area contributed by atoms with E-state index in [1.54, 1.807) is 13.0 Å². The van der Waals surface area contributed by atoms with Gasteiger partial charge in [0.15, 0.2) is 0 Å². The van der Waals surface area contributed by atoms with E-state index in [1.165, 1.54) is 17.4 Å². The maximum atomic E-state index is 12.8. The number of ether oxygens (including phenoxy) is 1. The Bertz CT molecular complexity index is 667. The third kappa shape index (κ3) is 3.63. The zero-order chi connectivity index (χ0) is 15.4. The van der Waals surface area contributed by atoms with Gasteiger partial charge in [-0.2, -0.15) is 0 Å². The number of anilines is 1. The van der Waals surface area contributed by atoms with Crippen LogP contribution in [-0.2, 0) is 4.74 Å². The molecule has 2 rings (SSSR count). The minimum Gasteiger partial charge on any atom is -0.462 e. The lowest BCUT2D eigenvalue weighted by molar-refractivity contribution is 0.0528. The van der Waals surface area contributed by atoms with E-state index in [0.29, 0.717) is 10.6 Å². The molecule has 21 heavy (non-hydrogen) atoms. The summed E-state index contributed by atoms with van der Waals surface area (Å²) in [7, 11) is 0. The zero-order valence-corrected chi connectivity index (χ0v) is 12.3. The van der Waals surface area contributed by atoms with Gasteiger partial charge in [0.2, 0.25) is 0 Å². The number of nitrogens with one attached hydrogen (secondary N) is 1. The third-order valence-corrected chi connectivity index (χ3v) is 3.50. The van der Waals surface area contributed by atoms with Crippen LogP contribution in [0.5, 0.6) is 0 Å². The van der Waals surface area contributed by atoms with Crippen LogP contribution in [-0.4, -0.2) is 23.5 Å². The van der Waals surface area contributed by atoms with Gasteiger partial charge in [0.1, 0.15) is 16.5 Å². The molecule has 0 fully saturated rings. The summed E-state index contributed by atoms with van der Waals surface area (Å²) in [6.45, 7) is 3.78. The van der Waals surface area contributed by atoms with Crippen molar-refractivity contribution in [3.8, 4) is 0 Å². The van der Waals surface area contributed by atoms with Crippen molar-refractivity contribution < 1.29 is 18.7 Å². The summed E-state index contributed by atoms with van der Waals surface area (Å²) in [6.07, 6.45) is 0.959. The number of rotatable bonds is 4. The molecular weight excluding hydrogens is 295 g/mol. The van der Waals surface area contributed by atoms with Gasteiger partial charge < -0.3 is 10.1 Å². The third-order valence-electron chi connectivity index (χ3n) is 2.54. The first-order valence-electron chi connectivity index (χ1n) is 6.21. The largest absolute Gasteiger partial charge is 0.462 e. The van der Waals surface area contributed by atoms with Crippen molar-refractivity contribution in [3.05, 3.63) is 46.3 Å². The number of thiophene rings is 1. The highest BCUT2D eigenvalue weighted by atomic mass is 32.1. The molecule has 7 heteroatoms. The summed E-state index contributed by atoms with van der Waals surface area (Å²) < 4.78 is 17.7. The molecule has 5 nitrogen and oxygen atoms in total. The molecular formula is C14H13FN2O3S. The molecule has 0 aromatic carbocycles. The van der Waals surface area contributed by atoms with Crippen LogP contribution in [0.2, 0.25) is 0 Å². The summed E-state index contributed by atoms with van der Waals surface area (Å²) in [6, 6.07) is 4.07. The molecule has 2 heterocycles. The molecule has 0 saturated heterocycles. The number of nitrogens with zero attached hydrogens (tertiary/aromatic N) is 1. The SMILES string of the molecule is CCOC(=O)c1cc(C)sc1NC(=O)c1ccc(F)cn1. The number of pyridine rings is 1. The van der Waals surface area contributed by atoms with Crippen LogP contribution < -0.4 is 5.32 Å². The van der Waals surface area contributed by atoms with Crippen molar-refractivity contribution >= 4 is 28.2 Å². The lowest BCUT2D eigenvalue weighted by Crippen LogP contribution is -2.15. The van der Waals surface area contributed by atoms with E-state index in [1.807, 2.05) is 6.92 Å². The van der Waals surface area contributed by atoms with Gasteiger partial charge in [-0.05, 0) is 32.0 Å². The van der Waals surface area contributed by atoms with Crippen molar-refractivity contribution in [1.82, 2.24) is 4.98 Å². The molecule has 0 bridgehead atoms. The second-order valence-electron chi connectivity index (χ2n) is 4.14. The Kier molecular flexibility index (Phi) is 4.64. The summed E-state index contributed by atoms with van der Waals surface area (Å²) in [5, 5.41) is 2.99. The molecule has 0 saturated carbocycles. The molecule has 0 aliphatic carbocycles. The monoisotopic (exact) mass is 308 g/mol. The molecule has 2 aromatic rings. The topological polar surface area (TPSA) is 68.3 Å². The van der Waals surface area contributed by atoms with E-state index >= 15 is 0 Å². The number of carbonyl (C=O) groups excluding carboxylic acids is 2. The molecule has 110 valence electrons. The smallest absolute Gasteiger partial charge is 0.341 e. The van der Waals surface area contributed by atoms with Crippen molar-refractivity contribution in [2.45, 2.75) is 13.8 Å². The highest BCUT2D eigenvalue weighted by Crippen LogP contribution is 2.28. The number of amides is 1. The first-order valence-corrected chi connectivity index (χ1v) is 7.03. The van der Waals surface area contributed by atoms with Crippen molar-refractivity contribution in [2.75, 3.05) is 11.9 Å². The van der Waals surface area contributed by atoms with Gasteiger partial charge in [0, 0.05) is 4.88 Å². The number of hydrogen-bond acceptors (Lipinski definition) is 5.